The molecule has 5 aromatic heterocycles. The van der Waals surface area contributed by atoms with Crippen LogP contribution >= 0.6 is 11.3 Å². The van der Waals surface area contributed by atoms with E-state index in [1.54, 1.807) is 26.1 Å². The van der Waals surface area contributed by atoms with Gasteiger partial charge in [0.05, 0.1) is 16.8 Å². The lowest BCUT2D eigenvalue weighted by Crippen LogP contribution is -2.19. The van der Waals surface area contributed by atoms with E-state index in [0.29, 0.717) is 28.3 Å². The number of hydrogen-bond donors (Lipinski definition) is 2. The number of aryl methyl sites for hydroxylation is 2. The van der Waals surface area contributed by atoms with E-state index in [1.165, 1.54) is 26.9 Å². The van der Waals surface area contributed by atoms with E-state index < -0.39 is 5.91 Å². The highest BCUT2D eigenvalue weighted by Gasteiger charge is 2.19. The van der Waals surface area contributed by atoms with Gasteiger partial charge in [-0.25, -0.2) is 0 Å². The number of nitrogens with one attached hydrogen (secondary N) is 2. The van der Waals surface area contributed by atoms with Crippen molar-refractivity contribution in [3.8, 4) is 16.6 Å². The van der Waals surface area contributed by atoms with Crippen molar-refractivity contribution in [3.63, 3.8) is 0 Å². The second kappa shape index (κ2) is 6.77. The molecule has 0 aliphatic heterocycles. The average molecular weight is 422 g/mol. The minimum absolute atomic E-state index is 0.118. The van der Waals surface area contributed by atoms with E-state index in [-0.39, 0.29) is 17.2 Å². The van der Waals surface area contributed by atoms with Gasteiger partial charge in [0.25, 0.3) is 11.5 Å². The quantitative estimate of drug-likeness (QED) is 0.453. The molecule has 0 radical (unpaired) electrons. The molecule has 0 aliphatic carbocycles. The number of H-pyrrole nitrogens is 1. The Hall–Kier alpha value is -4.06. The van der Waals surface area contributed by atoms with E-state index in [0.717, 1.165) is 4.88 Å². The molecule has 0 aromatic carbocycles. The van der Waals surface area contributed by atoms with Gasteiger partial charge in [-0.3, -0.25) is 19.3 Å². The minimum Gasteiger partial charge on any atom is -0.355 e. The molecule has 5 heterocycles. The van der Waals surface area contributed by atoms with Gasteiger partial charge in [0.15, 0.2) is 17.1 Å². The van der Waals surface area contributed by atoms with Crippen LogP contribution in [-0.2, 0) is 7.05 Å². The van der Waals surface area contributed by atoms with Crippen LogP contribution in [0.4, 0.5) is 5.82 Å². The third-order valence-electron chi connectivity index (χ3n) is 4.37. The number of fused-ring (bicyclic) bond motifs is 1. The number of carbonyl (C=O) groups is 1. The van der Waals surface area contributed by atoms with E-state index >= 15 is 0 Å². The maximum absolute atomic E-state index is 12.7. The number of hydrogen-bond acceptors (Lipinski definition) is 8. The van der Waals surface area contributed by atoms with E-state index in [9.17, 15) is 9.59 Å². The highest BCUT2D eigenvalue weighted by Crippen LogP contribution is 2.25. The summed E-state index contributed by atoms with van der Waals surface area (Å²) < 4.78 is 8.10. The number of nitrogens with zero attached hydrogens (tertiary/aromatic N) is 6. The van der Waals surface area contributed by atoms with E-state index in [1.807, 2.05) is 17.5 Å². The van der Waals surface area contributed by atoms with E-state index in [2.05, 4.69) is 30.6 Å². The van der Waals surface area contributed by atoms with Crippen LogP contribution < -0.4 is 10.9 Å². The average Bonchev–Trinajstić information content (AvgIpc) is 3.48. The van der Waals surface area contributed by atoms with Crippen molar-refractivity contribution in [2.45, 2.75) is 6.92 Å². The third-order valence-corrected chi connectivity index (χ3v) is 5.25. The van der Waals surface area contributed by atoms with Crippen molar-refractivity contribution in [3.05, 3.63) is 57.6 Å². The number of rotatable bonds is 4. The summed E-state index contributed by atoms with van der Waals surface area (Å²) in [6, 6.07) is 6.99. The van der Waals surface area contributed by atoms with Crippen LogP contribution in [0.2, 0.25) is 0 Å². The predicted octanol–water partition coefficient (Wildman–Crippen LogP) is 2.12. The summed E-state index contributed by atoms with van der Waals surface area (Å²) in [5.74, 6) is 0.501. The van der Waals surface area contributed by atoms with Crippen LogP contribution in [-0.4, -0.2) is 40.6 Å². The SMILES string of the molecule is Cc1cc(NC(=O)c2cc(-c3cccs3)on2)n(-c2nc3c(cnn3C)c(=O)[nH]2)n1. The molecular weight excluding hydrogens is 408 g/mol. The Morgan fingerprint density at radius 3 is 3.00 bits per heavy atom. The Bertz CT molecular complexity index is 1440. The Morgan fingerprint density at radius 1 is 1.33 bits per heavy atom. The molecule has 5 aromatic rings. The van der Waals surface area contributed by atoms with Crippen molar-refractivity contribution < 1.29 is 9.32 Å². The van der Waals surface area contributed by atoms with Crippen molar-refractivity contribution >= 4 is 34.1 Å². The third kappa shape index (κ3) is 2.99. The van der Waals surface area contributed by atoms with Crippen LogP contribution in [0, 0.1) is 6.92 Å². The lowest BCUT2D eigenvalue weighted by Gasteiger charge is -2.07. The van der Waals surface area contributed by atoms with Gasteiger partial charge in [-0.2, -0.15) is 19.9 Å². The topological polar surface area (TPSA) is 137 Å². The molecule has 0 unspecified atom stereocenters. The van der Waals surface area contributed by atoms with Crippen LogP contribution in [0.15, 0.2) is 45.2 Å². The fourth-order valence-corrected chi connectivity index (χ4v) is 3.64. The lowest BCUT2D eigenvalue weighted by molar-refractivity contribution is 0.101. The molecule has 2 N–H and O–H groups in total. The van der Waals surface area contributed by atoms with Crippen LogP contribution in [0.5, 0.6) is 0 Å². The molecule has 0 fully saturated rings. The molecular formula is C18H14N8O3S. The summed E-state index contributed by atoms with van der Waals surface area (Å²) in [7, 11) is 1.69. The van der Waals surface area contributed by atoms with Gasteiger partial charge in [0.2, 0.25) is 5.95 Å². The highest BCUT2D eigenvalue weighted by molar-refractivity contribution is 7.13. The number of amides is 1. The van der Waals surface area contributed by atoms with Crippen LogP contribution in [0.1, 0.15) is 16.2 Å². The van der Waals surface area contributed by atoms with Crippen molar-refractivity contribution in [2.24, 2.45) is 7.05 Å². The van der Waals surface area contributed by atoms with Gasteiger partial charge in [-0.15, -0.1) is 11.3 Å². The number of anilines is 1. The van der Waals surface area contributed by atoms with Crippen molar-refractivity contribution in [1.29, 1.82) is 0 Å². The first-order valence-corrected chi connectivity index (χ1v) is 9.68. The Balaban J connectivity index is 1.49. The summed E-state index contributed by atoms with van der Waals surface area (Å²) in [6.45, 7) is 1.76. The fourth-order valence-electron chi connectivity index (χ4n) is 2.97. The standard InChI is InChI=1S/C18H14N8O3S/c1-9-6-14(20-17(28)11-7-12(29-24-11)13-4-3-5-30-13)26(23-9)18-21-15-10(16(27)22-18)8-19-25(15)2/h3-8H,1-2H3,(H,20,28)(H,21,22,27). The molecule has 0 bridgehead atoms. The van der Waals surface area contributed by atoms with Crippen molar-refractivity contribution in [1.82, 2.24) is 34.7 Å². The van der Waals surface area contributed by atoms with Gasteiger partial charge in [-0.1, -0.05) is 11.2 Å². The maximum atomic E-state index is 12.7. The molecule has 30 heavy (non-hydrogen) atoms. The monoisotopic (exact) mass is 422 g/mol. The molecule has 0 spiro atoms. The Morgan fingerprint density at radius 2 is 2.20 bits per heavy atom. The van der Waals surface area contributed by atoms with Gasteiger partial charge in [0, 0.05) is 19.2 Å². The van der Waals surface area contributed by atoms with Crippen LogP contribution in [0.3, 0.4) is 0 Å². The summed E-state index contributed by atoms with van der Waals surface area (Å²) in [5.41, 5.74) is 0.784. The fraction of sp³-hybridized carbons (Fsp3) is 0.111. The van der Waals surface area contributed by atoms with E-state index in [4.69, 9.17) is 4.52 Å². The van der Waals surface area contributed by atoms with Crippen LogP contribution in [0.25, 0.3) is 27.6 Å². The summed E-state index contributed by atoms with van der Waals surface area (Å²) in [4.78, 5) is 33.0. The first-order valence-electron chi connectivity index (χ1n) is 8.80. The molecule has 11 nitrogen and oxygen atoms in total. The summed E-state index contributed by atoms with van der Waals surface area (Å²) >= 11 is 1.48. The molecule has 0 saturated heterocycles. The molecule has 150 valence electrons. The second-order valence-corrected chi connectivity index (χ2v) is 7.43. The maximum Gasteiger partial charge on any atom is 0.279 e. The van der Waals surface area contributed by atoms with Gasteiger partial charge in [0.1, 0.15) is 11.2 Å². The lowest BCUT2D eigenvalue weighted by atomic mass is 10.3. The number of thiophene rings is 1. The van der Waals surface area contributed by atoms with Gasteiger partial charge >= 0.3 is 0 Å². The number of aromatic amines is 1. The van der Waals surface area contributed by atoms with Gasteiger partial charge < -0.3 is 9.84 Å². The smallest absolute Gasteiger partial charge is 0.279 e. The zero-order valence-corrected chi connectivity index (χ0v) is 16.6. The van der Waals surface area contributed by atoms with Crippen molar-refractivity contribution in [2.75, 3.05) is 5.32 Å². The first kappa shape index (κ1) is 18.0. The molecule has 1 amide bonds. The summed E-state index contributed by atoms with van der Waals surface area (Å²) in [5, 5.41) is 17.2. The second-order valence-electron chi connectivity index (χ2n) is 6.49. The molecule has 5 rings (SSSR count). The molecule has 0 atom stereocenters. The zero-order valence-electron chi connectivity index (χ0n) is 15.8. The largest absolute Gasteiger partial charge is 0.355 e. The zero-order chi connectivity index (χ0) is 20.8. The summed E-state index contributed by atoms with van der Waals surface area (Å²) in [6.07, 6.45) is 1.44. The molecule has 0 saturated carbocycles. The normalized spacial score (nSPS) is 11.3. The van der Waals surface area contributed by atoms with Gasteiger partial charge in [-0.05, 0) is 18.4 Å². The first-order chi connectivity index (χ1) is 14.5. The number of carbonyl (C=O) groups excluding carboxylic acids is 1. The molecule has 0 aliphatic rings. The predicted molar refractivity (Wildman–Crippen MR) is 109 cm³/mol. The minimum atomic E-state index is -0.480. The Labute approximate surface area is 172 Å². The molecule has 12 heteroatoms. The number of aromatic nitrogens is 7. The Kier molecular flexibility index (Phi) is 4.06. The highest BCUT2D eigenvalue weighted by atomic mass is 32.1.